The molecule has 0 amide bonds. The number of halogens is 2. The number of aromatic nitrogens is 1. The second-order valence-corrected chi connectivity index (χ2v) is 5.53. The van der Waals surface area contributed by atoms with Gasteiger partial charge in [0.15, 0.2) is 0 Å². The van der Waals surface area contributed by atoms with E-state index < -0.39 is 0 Å². The molecule has 2 nitrogen and oxygen atoms in total. The van der Waals surface area contributed by atoms with Gasteiger partial charge in [-0.25, -0.2) is 0 Å². The first-order valence-electron chi connectivity index (χ1n) is 6.48. The minimum absolute atomic E-state index is 0. The van der Waals surface area contributed by atoms with Crippen LogP contribution in [0.2, 0.25) is 5.02 Å². The van der Waals surface area contributed by atoms with Gasteiger partial charge in [-0.1, -0.05) is 29.8 Å². The maximum atomic E-state index is 6.14. The number of hydrogen-bond donors (Lipinski definition) is 1. The Morgan fingerprint density at radius 1 is 1.20 bits per heavy atom. The molecule has 2 unspecified atom stereocenters. The quantitative estimate of drug-likeness (QED) is 0.921. The number of benzene rings is 1. The summed E-state index contributed by atoms with van der Waals surface area (Å²) in [5, 5.41) is 0.762. The fourth-order valence-electron chi connectivity index (χ4n) is 2.26. The standard InChI is InChI=1S/C16H19ClN2.ClH/c1-11-7-14(10-19-9-11)16(12(2)18)8-13-3-5-15(17)6-4-13;/h3-7,9-10,12,16H,8,18H2,1-2H3;1H. The molecule has 20 heavy (non-hydrogen) atoms. The van der Waals surface area contributed by atoms with Crippen molar-refractivity contribution >= 4 is 24.0 Å². The predicted molar refractivity (Wildman–Crippen MR) is 87.8 cm³/mol. The molecule has 0 fully saturated rings. The molecule has 2 rings (SSSR count). The third-order valence-corrected chi connectivity index (χ3v) is 3.58. The number of rotatable bonds is 4. The van der Waals surface area contributed by atoms with E-state index in [1.165, 1.54) is 16.7 Å². The zero-order valence-corrected chi connectivity index (χ0v) is 13.3. The molecule has 2 atom stereocenters. The predicted octanol–water partition coefficient (Wildman–Crippen LogP) is 4.14. The monoisotopic (exact) mass is 310 g/mol. The fourth-order valence-corrected chi connectivity index (χ4v) is 2.39. The molecular formula is C16H20Cl2N2. The van der Waals surface area contributed by atoms with Crippen LogP contribution in [0.4, 0.5) is 0 Å². The summed E-state index contributed by atoms with van der Waals surface area (Å²) in [6.07, 6.45) is 4.68. The van der Waals surface area contributed by atoms with Crippen LogP contribution >= 0.6 is 24.0 Å². The first-order valence-corrected chi connectivity index (χ1v) is 6.85. The molecule has 0 aliphatic rings. The van der Waals surface area contributed by atoms with E-state index in [0.717, 1.165) is 11.4 Å². The van der Waals surface area contributed by atoms with Gasteiger partial charge < -0.3 is 5.73 Å². The van der Waals surface area contributed by atoms with E-state index >= 15 is 0 Å². The third kappa shape index (κ3) is 4.48. The van der Waals surface area contributed by atoms with Crippen molar-refractivity contribution in [2.24, 2.45) is 5.73 Å². The van der Waals surface area contributed by atoms with Crippen LogP contribution in [-0.4, -0.2) is 11.0 Å². The summed E-state index contributed by atoms with van der Waals surface area (Å²) in [5.74, 6) is 0.272. The number of aryl methyl sites for hydroxylation is 1. The summed E-state index contributed by atoms with van der Waals surface area (Å²) < 4.78 is 0. The molecule has 2 N–H and O–H groups in total. The van der Waals surface area contributed by atoms with Crippen LogP contribution in [0.1, 0.15) is 29.5 Å². The van der Waals surface area contributed by atoms with Crippen LogP contribution in [0.25, 0.3) is 0 Å². The van der Waals surface area contributed by atoms with Gasteiger partial charge in [0.2, 0.25) is 0 Å². The lowest BCUT2D eigenvalue weighted by Gasteiger charge is -2.21. The van der Waals surface area contributed by atoms with Gasteiger partial charge in [-0.2, -0.15) is 0 Å². The lowest BCUT2D eigenvalue weighted by atomic mass is 9.87. The van der Waals surface area contributed by atoms with Crippen molar-refractivity contribution in [2.45, 2.75) is 32.2 Å². The maximum Gasteiger partial charge on any atom is 0.0406 e. The van der Waals surface area contributed by atoms with E-state index in [2.05, 4.69) is 30.1 Å². The van der Waals surface area contributed by atoms with Crippen LogP contribution in [0, 0.1) is 6.92 Å². The zero-order chi connectivity index (χ0) is 13.8. The van der Waals surface area contributed by atoms with Gasteiger partial charge in [0.05, 0.1) is 0 Å². The molecule has 0 saturated carbocycles. The summed E-state index contributed by atoms with van der Waals surface area (Å²) in [6, 6.07) is 10.2. The molecule has 1 heterocycles. The summed E-state index contributed by atoms with van der Waals surface area (Å²) in [7, 11) is 0. The van der Waals surface area contributed by atoms with Gasteiger partial charge in [-0.15, -0.1) is 12.4 Å². The maximum absolute atomic E-state index is 6.14. The third-order valence-electron chi connectivity index (χ3n) is 3.33. The Bertz CT molecular complexity index is 538. The van der Waals surface area contributed by atoms with E-state index in [0.29, 0.717) is 0 Å². The minimum Gasteiger partial charge on any atom is -0.327 e. The molecule has 0 bridgehead atoms. The Morgan fingerprint density at radius 3 is 2.40 bits per heavy atom. The molecule has 0 spiro atoms. The van der Waals surface area contributed by atoms with Crippen molar-refractivity contribution in [3.8, 4) is 0 Å². The van der Waals surface area contributed by atoms with Gasteiger partial charge in [-0.05, 0) is 49.1 Å². The highest BCUT2D eigenvalue weighted by atomic mass is 35.5. The molecule has 0 saturated heterocycles. The van der Waals surface area contributed by atoms with Crippen LogP contribution < -0.4 is 5.73 Å². The Balaban J connectivity index is 0.00000200. The Kier molecular flexibility index (Phi) is 6.47. The second-order valence-electron chi connectivity index (χ2n) is 5.09. The van der Waals surface area contributed by atoms with E-state index in [-0.39, 0.29) is 24.4 Å². The molecule has 0 aliphatic heterocycles. The molecule has 1 aromatic heterocycles. The summed E-state index contributed by atoms with van der Waals surface area (Å²) >= 11 is 5.91. The summed E-state index contributed by atoms with van der Waals surface area (Å²) in [5.41, 5.74) is 9.75. The number of nitrogens with two attached hydrogens (primary N) is 1. The highest BCUT2D eigenvalue weighted by Gasteiger charge is 2.17. The lowest BCUT2D eigenvalue weighted by molar-refractivity contribution is 0.563. The first-order chi connectivity index (χ1) is 9.06. The van der Waals surface area contributed by atoms with E-state index in [4.69, 9.17) is 17.3 Å². The first kappa shape index (κ1) is 17.0. The van der Waals surface area contributed by atoms with Crippen LogP contribution in [0.15, 0.2) is 42.7 Å². The molecular weight excluding hydrogens is 291 g/mol. The minimum atomic E-state index is 0. The number of pyridine rings is 1. The van der Waals surface area contributed by atoms with Crippen LogP contribution in [-0.2, 0) is 6.42 Å². The van der Waals surface area contributed by atoms with Crippen LogP contribution in [0.5, 0.6) is 0 Å². The van der Waals surface area contributed by atoms with Gasteiger partial charge in [0.1, 0.15) is 0 Å². The van der Waals surface area contributed by atoms with Crippen molar-refractivity contribution in [1.82, 2.24) is 4.98 Å². The van der Waals surface area contributed by atoms with Crippen molar-refractivity contribution in [3.63, 3.8) is 0 Å². The molecule has 4 heteroatoms. The van der Waals surface area contributed by atoms with Crippen molar-refractivity contribution in [3.05, 3.63) is 64.4 Å². The van der Waals surface area contributed by atoms with Gasteiger partial charge in [-0.3, -0.25) is 4.98 Å². The normalized spacial score (nSPS) is 13.4. The zero-order valence-electron chi connectivity index (χ0n) is 11.7. The van der Waals surface area contributed by atoms with Crippen LogP contribution in [0.3, 0.4) is 0 Å². The van der Waals surface area contributed by atoms with Crippen molar-refractivity contribution in [2.75, 3.05) is 0 Å². The van der Waals surface area contributed by atoms with Crippen molar-refractivity contribution in [1.29, 1.82) is 0 Å². The number of hydrogen-bond acceptors (Lipinski definition) is 2. The fraction of sp³-hybridized carbons (Fsp3) is 0.312. The average molecular weight is 311 g/mol. The Hall–Kier alpha value is -1.09. The molecule has 0 aliphatic carbocycles. The highest BCUT2D eigenvalue weighted by Crippen LogP contribution is 2.24. The lowest BCUT2D eigenvalue weighted by Crippen LogP contribution is -2.26. The van der Waals surface area contributed by atoms with E-state index in [9.17, 15) is 0 Å². The van der Waals surface area contributed by atoms with E-state index in [1.807, 2.05) is 31.5 Å². The smallest absolute Gasteiger partial charge is 0.0406 e. The summed E-state index contributed by atoms with van der Waals surface area (Å²) in [6.45, 7) is 4.10. The Labute approximate surface area is 131 Å². The van der Waals surface area contributed by atoms with Gasteiger partial charge in [0, 0.05) is 29.4 Å². The highest BCUT2D eigenvalue weighted by molar-refractivity contribution is 6.30. The average Bonchev–Trinajstić information content (AvgIpc) is 2.37. The molecule has 0 radical (unpaired) electrons. The van der Waals surface area contributed by atoms with Gasteiger partial charge in [0.25, 0.3) is 0 Å². The summed E-state index contributed by atoms with van der Waals surface area (Å²) in [4.78, 5) is 4.27. The topological polar surface area (TPSA) is 38.9 Å². The number of nitrogens with zero attached hydrogens (tertiary/aromatic N) is 1. The van der Waals surface area contributed by atoms with E-state index in [1.54, 1.807) is 0 Å². The molecule has 108 valence electrons. The van der Waals surface area contributed by atoms with Crippen molar-refractivity contribution < 1.29 is 0 Å². The second kappa shape index (κ2) is 7.63. The Morgan fingerprint density at radius 2 is 1.85 bits per heavy atom. The molecule has 1 aromatic carbocycles. The van der Waals surface area contributed by atoms with Gasteiger partial charge >= 0.3 is 0 Å². The largest absolute Gasteiger partial charge is 0.327 e. The molecule has 2 aromatic rings. The SMILES string of the molecule is Cc1cncc(C(Cc2ccc(Cl)cc2)C(C)N)c1.Cl.